The van der Waals surface area contributed by atoms with Crippen LogP contribution in [0.25, 0.3) is 0 Å². The zero-order valence-electron chi connectivity index (χ0n) is 24.1. The number of unbranched alkanes of at least 4 members (excludes halogenated alkanes) is 1. The van der Waals surface area contributed by atoms with Crippen molar-refractivity contribution in [2.75, 3.05) is 27.3 Å². The summed E-state index contributed by atoms with van der Waals surface area (Å²) in [5.74, 6) is 3.05. The van der Waals surface area contributed by atoms with Gasteiger partial charge in [0.2, 0.25) is 0 Å². The van der Waals surface area contributed by atoms with E-state index < -0.39 is 0 Å². The highest BCUT2D eigenvalue weighted by atomic mass is 16.5. The van der Waals surface area contributed by atoms with Gasteiger partial charge in [-0.25, -0.2) is 4.79 Å². The smallest absolute Gasteiger partial charge is 0.337 e. The molecule has 6 nitrogen and oxygen atoms in total. The Labute approximate surface area is 243 Å². The third kappa shape index (κ3) is 8.22. The molecule has 1 unspecified atom stereocenters. The lowest BCUT2D eigenvalue weighted by molar-refractivity contribution is -0.140. The van der Waals surface area contributed by atoms with Gasteiger partial charge in [-0.15, -0.1) is 6.42 Å². The van der Waals surface area contributed by atoms with Gasteiger partial charge < -0.3 is 14.2 Å². The van der Waals surface area contributed by atoms with Crippen LogP contribution in [0.5, 0.6) is 5.75 Å². The summed E-state index contributed by atoms with van der Waals surface area (Å²) in [5.41, 5.74) is 6.16. The molecule has 6 heteroatoms. The van der Waals surface area contributed by atoms with Gasteiger partial charge in [-0.3, -0.25) is 9.69 Å². The van der Waals surface area contributed by atoms with Gasteiger partial charge in [-0.2, -0.15) is 0 Å². The topological polar surface area (TPSA) is 65.1 Å². The largest absolute Gasteiger partial charge is 0.489 e. The molecule has 0 saturated carbocycles. The zero-order valence-corrected chi connectivity index (χ0v) is 24.1. The molecule has 1 aliphatic carbocycles. The van der Waals surface area contributed by atoms with Crippen LogP contribution in [0.4, 0.5) is 0 Å². The molecule has 1 atom stereocenters. The number of benzene rings is 3. The van der Waals surface area contributed by atoms with Crippen LogP contribution in [-0.4, -0.2) is 44.1 Å². The van der Waals surface area contributed by atoms with E-state index in [0.29, 0.717) is 18.6 Å². The Kier molecular flexibility index (Phi) is 11.0. The van der Waals surface area contributed by atoms with Crippen molar-refractivity contribution in [2.45, 2.75) is 57.6 Å². The number of esters is 2. The average molecular weight is 554 g/mol. The summed E-state index contributed by atoms with van der Waals surface area (Å²) in [7, 11) is 2.85. The second-order valence-electron chi connectivity index (χ2n) is 10.4. The number of terminal acetylenes is 1. The molecule has 0 aromatic heterocycles. The summed E-state index contributed by atoms with van der Waals surface area (Å²) in [5, 5.41) is 0. The lowest BCUT2D eigenvalue weighted by Crippen LogP contribution is -2.34. The number of hydrogen-bond acceptors (Lipinski definition) is 6. The molecule has 0 aliphatic heterocycles. The monoisotopic (exact) mass is 553 g/mol. The SMILES string of the molecule is C#Cc1ccc(COc2ccccc2CCN(CCCCC(=O)OC)C2CCCc3cc(C(=O)OC)ccc32)cc1. The molecule has 4 rings (SSSR count). The predicted molar refractivity (Wildman–Crippen MR) is 160 cm³/mol. The second-order valence-corrected chi connectivity index (χ2v) is 10.4. The van der Waals surface area contributed by atoms with Gasteiger partial charge >= 0.3 is 11.9 Å². The van der Waals surface area contributed by atoms with Crippen LogP contribution in [0.2, 0.25) is 0 Å². The molecule has 0 N–H and O–H groups in total. The fraction of sp³-hybridized carbons (Fsp3) is 0.371. The molecular weight excluding hydrogens is 514 g/mol. The van der Waals surface area contributed by atoms with Gasteiger partial charge in [0, 0.05) is 24.6 Å². The van der Waals surface area contributed by atoms with Crippen molar-refractivity contribution < 1.29 is 23.8 Å². The number of carbonyl (C=O) groups excluding carboxylic acids is 2. The maximum atomic E-state index is 12.1. The standard InChI is InChI=1S/C35H39NO5/c1-4-26-15-17-27(18-16-26)25-41-33-13-6-5-10-28(33)21-23-36(22-8-7-14-34(37)39-2)32-12-9-11-29-24-30(35(38)40-3)19-20-31(29)32/h1,5-6,10,13,15-20,24,32H,7-9,11-12,14,21-23,25H2,2-3H3. The van der Waals surface area contributed by atoms with Crippen molar-refractivity contribution in [1.29, 1.82) is 0 Å². The van der Waals surface area contributed by atoms with E-state index in [2.05, 4.69) is 29.0 Å². The van der Waals surface area contributed by atoms with E-state index in [9.17, 15) is 9.59 Å². The minimum Gasteiger partial charge on any atom is -0.489 e. The highest BCUT2D eigenvalue weighted by Crippen LogP contribution is 2.36. The fourth-order valence-corrected chi connectivity index (χ4v) is 5.50. The number of aryl methyl sites for hydroxylation is 1. The second kappa shape index (κ2) is 15.1. The van der Waals surface area contributed by atoms with Crippen LogP contribution >= 0.6 is 0 Å². The molecule has 0 heterocycles. The molecule has 41 heavy (non-hydrogen) atoms. The third-order valence-electron chi connectivity index (χ3n) is 7.75. The Hall–Kier alpha value is -4.08. The summed E-state index contributed by atoms with van der Waals surface area (Å²) in [4.78, 5) is 26.4. The van der Waals surface area contributed by atoms with E-state index in [0.717, 1.165) is 74.1 Å². The lowest BCUT2D eigenvalue weighted by atomic mass is 9.85. The number of methoxy groups -OCH3 is 2. The molecule has 0 amide bonds. The van der Waals surface area contributed by atoms with E-state index in [4.69, 9.17) is 20.6 Å². The number of hydrogen-bond donors (Lipinski definition) is 0. The molecule has 1 aliphatic rings. The first-order valence-corrected chi connectivity index (χ1v) is 14.3. The van der Waals surface area contributed by atoms with Crippen LogP contribution in [0.3, 0.4) is 0 Å². The van der Waals surface area contributed by atoms with Crippen molar-refractivity contribution in [3.63, 3.8) is 0 Å². The van der Waals surface area contributed by atoms with Crippen LogP contribution < -0.4 is 4.74 Å². The molecule has 3 aromatic rings. The Balaban J connectivity index is 1.48. The first-order chi connectivity index (χ1) is 20.0. The Morgan fingerprint density at radius 2 is 1.78 bits per heavy atom. The number of fused-ring (bicyclic) bond motifs is 1. The molecular formula is C35H39NO5. The number of ether oxygens (including phenoxy) is 3. The highest BCUT2D eigenvalue weighted by Gasteiger charge is 2.27. The van der Waals surface area contributed by atoms with E-state index in [1.165, 1.54) is 25.3 Å². The van der Waals surface area contributed by atoms with Gasteiger partial charge in [0.05, 0.1) is 19.8 Å². The molecule has 3 aromatic carbocycles. The Bertz CT molecular complexity index is 1360. The summed E-state index contributed by atoms with van der Waals surface area (Å²) >= 11 is 0. The molecule has 0 radical (unpaired) electrons. The molecule has 0 spiro atoms. The van der Waals surface area contributed by atoms with E-state index in [1.807, 2.05) is 48.5 Å². The molecule has 214 valence electrons. The maximum absolute atomic E-state index is 12.1. The van der Waals surface area contributed by atoms with Gasteiger partial charge in [-0.1, -0.05) is 42.3 Å². The quantitative estimate of drug-likeness (QED) is 0.141. The number of carbonyl (C=O) groups is 2. The van der Waals surface area contributed by atoms with Crippen molar-refractivity contribution >= 4 is 11.9 Å². The average Bonchev–Trinajstić information content (AvgIpc) is 3.03. The fourth-order valence-electron chi connectivity index (χ4n) is 5.50. The first-order valence-electron chi connectivity index (χ1n) is 14.3. The van der Waals surface area contributed by atoms with Crippen molar-refractivity contribution in [2.24, 2.45) is 0 Å². The van der Waals surface area contributed by atoms with Gasteiger partial charge in [0.25, 0.3) is 0 Å². The Morgan fingerprint density at radius 1 is 0.976 bits per heavy atom. The number of rotatable bonds is 13. The van der Waals surface area contributed by atoms with Crippen LogP contribution in [0, 0.1) is 12.3 Å². The zero-order chi connectivity index (χ0) is 29.0. The van der Waals surface area contributed by atoms with E-state index >= 15 is 0 Å². The first kappa shape index (κ1) is 29.9. The summed E-state index contributed by atoms with van der Waals surface area (Å²) in [6, 6.07) is 22.3. The maximum Gasteiger partial charge on any atom is 0.337 e. The minimum absolute atomic E-state index is 0.171. The highest BCUT2D eigenvalue weighted by molar-refractivity contribution is 5.89. The van der Waals surface area contributed by atoms with Gasteiger partial charge in [-0.05, 0) is 97.7 Å². The molecule has 0 saturated heterocycles. The molecule has 0 fully saturated rings. The minimum atomic E-state index is -0.307. The van der Waals surface area contributed by atoms with Crippen molar-refractivity contribution in [1.82, 2.24) is 4.90 Å². The van der Waals surface area contributed by atoms with Crippen molar-refractivity contribution in [3.8, 4) is 18.1 Å². The lowest BCUT2D eigenvalue weighted by Gasteiger charge is -2.36. The summed E-state index contributed by atoms with van der Waals surface area (Å²) in [6.45, 7) is 2.18. The van der Waals surface area contributed by atoms with Crippen LogP contribution in [-0.2, 0) is 33.7 Å². The van der Waals surface area contributed by atoms with Gasteiger partial charge in [0.15, 0.2) is 0 Å². The van der Waals surface area contributed by atoms with Crippen LogP contribution in [0.15, 0.2) is 66.7 Å². The molecule has 0 bridgehead atoms. The van der Waals surface area contributed by atoms with Crippen molar-refractivity contribution in [3.05, 3.63) is 100 Å². The summed E-state index contributed by atoms with van der Waals surface area (Å²) < 4.78 is 16.0. The summed E-state index contributed by atoms with van der Waals surface area (Å²) in [6.07, 6.45) is 11.5. The van der Waals surface area contributed by atoms with E-state index in [-0.39, 0.29) is 18.0 Å². The van der Waals surface area contributed by atoms with Gasteiger partial charge in [0.1, 0.15) is 12.4 Å². The predicted octanol–water partition coefficient (Wildman–Crippen LogP) is 6.30. The normalized spacial score (nSPS) is 14.1. The number of nitrogens with zero attached hydrogens (tertiary/aromatic N) is 1. The van der Waals surface area contributed by atoms with E-state index in [1.54, 1.807) is 0 Å². The Morgan fingerprint density at radius 3 is 2.54 bits per heavy atom. The number of para-hydroxylation sites is 1. The third-order valence-corrected chi connectivity index (χ3v) is 7.75. The van der Waals surface area contributed by atoms with Crippen LogP contribution in [0.1, 0.15) is 76.3 Å².